The highest BCUT2D eigenvalue weighted by Crippen LogP contribution is 2.27. The van der Waals surface area contributed by atoms with Crippen molar-refractivity contribution in [3.05, 3.63) is 18.2 Å². The Balaban J connectivity index is 1.97. The Labute approximate surface area is 115 Å². The highest BCUT2D eigenvalue weighted by molar-refractivity contribution is 5.59. The summed E-state index contributed by atoms with van der Waals surface area (Å²) < 4.78 is 11.4. The third kappa shape index (κ3) is 4.03. The number of anilines is 2. The highest BCUT2D eigenvalue weighted by atomic mass is 16.5. The number of benzene rings is 1. The molecule has 1 fully saturated rings. The number of ether oxygens (including phenoxy) is 2. The van der Waals surface area contributed by atoms with Crippen molar-refractivity contribution in [3.63, 3.8) is 0 Å². The van der Waals surface area contributed by atoms with E-state index in [2.05, 4.69) is 19.2 Å². The quantitative estimate of drug-likeness (QED) is 0.775. The van der Waals surface area contributed by atoms with Crippen LogP contribution in [0.4, 0.5) is 11.4 Å². The molecule has 4 nitrogen and oxygen atoms in total. The van der Waals surface area contributed by atoms with Crippen molar-refractivity contribution in [2.45, 2.75) is 38.7 Å². The van der Waals surface area contributed by atoms with Gasteiger partial charge in [-0.2, -0.15) is 0 Å². The molecule has 1 atom stereocenters. The van der Waals surface area contributed by atoms with Gasteiger partial charge in [-0.25, -0.2) is 0 Å². The third-order valence-corrected chi connectivity index (χ3v) is 3.37. The van der Waals surface area contributed by atoms with E-state index in [9.17, 15) is 0 Å². The van der Waals surface area contributed by atoms with Crippen LogP contribution in [0.1, 0.15) is 33.1 Å². The van der Waals surface area contributed by atoms with Crippen molar-refractivity contribution in [1.82, 2.24) is 0 Å². The Kier molecular flexibility index (Phi) is 4.53. The second kappa shape index (κ2) is 6.15. The Morgan fingerprint density at radius 3 is 2.95 bits per heavy atom. The Morgan fingerprint density at radius 1 is 1.42 bits per heavy atom. The molecule has 3 N–H and O–H groups in total. The molecule has 1 unspecified atom stereocenters. The van der Waals surface area contributed by atoms with Crippen LogP contribution in [0, 0.1) is 0 Å². The van der Waals surface area contributed by atoms with Crippen LogP contribution in [0.2, 0.25) is 0 Å². The molecule has 0 aromatic heterocycles. The molecule has 0 saturated carbocycles. The van der Waals surface area contributed by atoms with Crippen LogP contribution in [0.25, 0.3) is 0 Å². The minimum atomic E-state index is -0.0605. The summed E-state index contributed by atoms with van der Waals surface area (Å²) in [7, 11) is 0. The summed E-state index contributed by atoms with van der Waals surface area (Å²) in [6.45, 7) is 6.60. The summed E-state index contributed by atoms with van der Waals surface area (Å²) in [4.78, 5) is 0. The van der Waals surface area contributed by atoms with E-state index in [1.54, 1.807) is 0 Å². The predicted molar refractivity (Wildman–Crippen MR) is 78.7 cm³/mol. The average Bonchev–Trinajstić information content (AvgIpc) is 2.81. The van der Waals surface area contributed by atoms with E-state index in [1.165, 1.54) is 0 Å². The molecule has 19 heavy (non-hydrogen) atoms. The van der Waals surface area contributed by atoms with Gasteiger partial charge < -0.3 is 20.5 Å². The van der Waals surface area contributed by atoms with E-state index in [0.717, 1.165) is 43.9 Å². The Hall–Kier alpha value is -1.42. The molecule has 0 radical (unpaired) electrons. The maximum atomic E-state index is 5.90. The molecule has 2 rings (SSSR count). The Morgan fingerprint density at radius 2 is 2.26 bits per heavy atom. The van der Waals surface area contributed by atoms with Gasteiger partial charge in [0.15, 0.2) is 0 Å². The highest BCUT2D eigenvalue weighted by Gasteiger charge is 2.29. The lowest BCUT2D eigenvalue weighted by molar-refractivity contribution is 0.0315. The molecule has 4 heteroatoms. The Bertz CT molecular complexity index is 415. The van der Waals surface area contributed by atoms with Gasteiger partial charge in [-0.05, 0) is 32.3 Å². The standard InChI is InChI=1S/C15H24N2O2/c1-3-6-18-14-9-12(16)8-13(10-14)17-11-15(2)5-4-7-19-15/h8-10,17H,3-7,11,16H2,1-2H3. The van der Waals surface area contributed by atoms with Crippen LogP contribution in [-0.2, 0) is 4.74 Å². The average molecular weight is 264 g/mol. The number of hydrogen-bond donors (Lipinski definition) is 2. The first kappa shape index (κ1) is 14.0. The fraction of sp³-hybridized carbons (Fsp3) is 0.600. The number of hydrogen-bond acceptors (Lipinski definition) is 4. The van der Waals surface area contributed by atoms with Gasteiger partial charge in [0.1, 0.15) is 5.75 Å². The van der Waals surface area contributed by atoms with Gasteiger partial charge in [-0.15, -0.1) is 0 Å². The number of rotatable bonds is 6. The molecule has 1 heterocycles. The van der Waals surface area contributed by atoms with E-state index in [4.69, 9.17) is 15.2 Å². The summed E-state index contributed by atoms with van der Waals surface area (Å²) >= 11 is 0. The van der Waals surface area contributed by atoms with E-state index >= 15 is 0 Å². The molecule has 1 aromatic carbocycles. The van der Waals surface area contributed by atoms with Crippen LogP contribution in [0.5, 0.6) is 5.75 Å². The molecule has 0 spiro atoms. The topological polar surface area (TPSA) is 56.5 Å². The van der Waals surface area contributed by atoms with Crippen LogP contribution in [0.3, 0.4) is 0 Å². The lowest BCUT2D eigenvalue weighted by Gasteiger charge is -2.24. The van der Waals surface area contributed by atoms with E-state index < -0.39 is 0 Å². The molecule has 1 aliphatic rings. The fourth-order valence-corrected chi connectivity index (χ4v) is 2.29. The van der Waals surface area contributed by atoms with Crippen molar-refractivity contribution >= 4 is 11.4 Å². The molecule has 0 bridgehead atoms. The SMILES string of the molecule is CCCOc1cc(N)cc(NCC2(C)CCCO2)c1. The summed E-state index contributed by atoms with van der Waals surface area (Å²) in [5.74, 6) is 0.821. The van der Waals surface area contributed by atoms with Crippen molar-refractivity contribution in [3.8, 4) is 5.75 Å². The summed E-state index contributed by atoms with van der Waals surface area (Å²) in [5.41, 5.74) is 7.54. The van der Waals surface area contributed by atoms with Crippen molar-refractivity contribution in [1.29, 1.82) is 0 Å². The minimum Gasteiger partial charge on any atom is -0.493 e. The zero-order valence-corrected chi connectivity index (χ0v) is 11.9. The van der Waals surface area contributed by atoms with Gasteiger partial charge in [-0.1, -0.05) is 6.92 Å². The van der Waals surface area contributed by atoms with Crippen LogP contribution < -0.4 is 15.8 Å². The zero-order valence-electron chi connectivity index (χ0n) is 11.9. The summed E-state index contributed by atoms with van der Waals surface area (Å²) in [6, 6.07) is 5.77. The molecule has 0 amide bonds. The summed E-state index contributed by atoms with van der Waals surface area (Å²) in [5, 5.41) is 3.40. The van der Waals surface area contributed by atoms with Gasteiger partial charge in [0.25, 0.3) is 0 Å². The largest absolute Gasteiger partial charge is 0.493 e. The smallest absolute Gasteiger partial charge is 0.123 e. The zero-order chi connectivity index (χ0) is 13.7. The van der Waals surface area contributed by atoms with E-state index in [1.807, 2.05) is 18.2 Å². The number of nitrogens with two attached hydrogens (primary N) is 1. The fourth-order valence-electron chi connectivity index (χ4n) is 2.29. The van der Waals surface area contributed by atoms with Crippen molar-refractivity contribution in [2.75, 3.05) is 30.8 Å². The molecule has 1 saturated heterocycles. The van der Waals surface area contributed by atoms with Crippen LogP contribution in [-0.4, -0.2) is 25.4 Å². The second-order valence-electron chi connectivity index (χ2n) is 5.39. The van der Waals surface area contributed by atoms with Crippen LogP contribution in [0.15, 0.2) is 18.2 Å². The van der Waals surface area contributed by atoms with Gasteiger partial charge in [0.2, 0.25) is 0 Å². The third-order valence-electron chi connectivity index (χ3n) is 3.37. The van der Waals surface area contributed by atoms with E-state index in [-0.39, 0.29) is 5.60 Å². The van der Waals surface area contributed by atoms with Gasteiger partial charge in [0.05, 0.1) is 12.2 Å². The first-order valence-corrected chi connectivity index (χ1v) is 7.02. The second-order valence-corrected chi connectivity index (χ2v) is 5.39. The molecular formula is C15H24N2O2. The van der Waals surface area contributed by atoms with Gasteiger partial charge >= 0.3 is 0 Å². The first-order chi connectivity index (χ1) is 9.11. The van der Waals surface area contributed by atoms with Crippen molar-refractivity contribution in [2.24, 2.45) is 0 Å². The number of nitrogen functional groups attached to an aromatic ring is 1. The normalized spacial score (nSPS) is 22.4. The lowest BCUT2D eigenvalue weighted by atomic mass is 10.0. The van der Waals surface area contributed by atoms with Gasteiger partial charge in [-0.3, -0.25) is 0 Å². The van der Waals surface area contributed by atoms with Crippen LogP contribution >= 0.6 is 0 Å². The maximum absolute atomic E-state index is 5.90. The molecule has 1 aliphatic heterocycles. The molecule has 1 aromatic rings. The molecule has 106 valence electrons. The number of nitrogens with one attached hydrogen (secondary N) is 1. The van der Waals surface area contributed by atoms with E-state index in [0.29, 0.717) is 12.3 Å². The first-order valence-electron chi connectivity index (χ1n) is 7.02. The minimum absolute atomic E-state index is 0.0605. The van der Waals surface area contributed by atoms with Gasteiger partial charge in [0, 0.05) is 36.7 Å². The monoisotopic (exact) mass is 264 g/mol. The lowest BCUT2D eigenvalue weighted by Crippen LogP contribution is -2.32. The summed E-state index contributed by atoms with van der Waals surface area (Å²) in [6.07, 6.45) is 3.23. The molecule has 0 aliphatic carbocycles. The van der Waals surface area contributed by atoms with Crippen molar-refractivity contribution < 1.29 is 9.47 Å². The maximum Gasteiger partial charge on any atom is 0.123 e. The predicted octanol–water partition coefficient (Wildman–Crippen LogP) is 3.04. The molecular weight excluding hydrogens is 240 g/mol.